The van der Waals surface area contributed by atoms with Gasteiger partial charge in [-0.25, -0.2) is 9.07 Å². The highest BCUT2D eigenvalue weighted by Gasteiger charge is 2.26. The molecule has 0 N–H and O–H groups in total. The van der Waals surface area contributed by atoms with Gasteiger partial charge in [0.1, 0.15) is 5.82 Å². The van der Waals surface area contributed by atoms with Crippen LogP contribution in [0, 0.1) is 5.82 Å². The van der Waals surface area contributed by atoms with Crippen molar-refractivity contribution in [3.8, 4) is 5.69 Å². The highest BCUT2D eigenvalue weighted by molar-refractivity contribution is 5.95. The first-order valence-electron chi connectivity index (χ1n) is 8.89. The van der Waals surface area contributed by atoms with Gasteiger partial charge in [0.05, 0.1) is 23.1 Å². The fourth-order valence-corrected chi connectivity index (χ4v) is 3.23. The summed E-state index contributed by atoms with van der Waals surface area (Å²) < 4.78 is 14.9. The second kappa shape index (κ2) is 7.68. The van der Waals surface area contributed by atoms with E-state index >= 15 is 0 Å². The van der Waals surface area contributed by atoms with E-state index in [0.29, 0.717) is 38.2 Å². The Morgan fingerprint density at radius 3 is 2.27 bits per heavy atom. The Hall–Kier alpha value is -2.70. The Balaban J connectivity index is 1.84. The molecule has 0 aliphatic carbocycles. The van der Waals surface area contributed by atoms with Crippen molar-refractivity contribution < 1.29 is 14.0 Å². The van der Waals surface area contributed by atoms with Crippen molar-refractivity contribution in [3.05, 3.63) is 47.5 Å². The molecule has 6 nitrogen and oxygen atoms in total. The summed E-state index contributed by atoms with van der Waals surface area (Å²) in [4.78, 5) is 27.9. The average Bonchev–Trinajstić information content (AvgIpc) is 3.06. The highest BCUT2D eigenvalue weighted by atomic mass is 19.1. The molecular weight excluding hydrogens is 335 g/mol. The Bertz CT molecular complexity index is 792. The molecule has 1 aromatic carbocycles. The molecule has 0 spiro atoms. The summed E-state index contributed by atoms with van der Waals surface area (Å²) in [6, 6.07) is 6.08. The van der Waals surface area contributed by atoms with Crippen LogP contribution in [0.4, 0.5) is 4.39 Å². The third-order valence-corrected chi connectivity index (χ3v) is 4.67. The molecule has 0 atom stereocenters. The molecule has 0 bridgehead atoms. The van der Waals surface area contributed by atoms with E-state index in [4.69, 9.17) is 0 Å². The first-order valence-corrected chi connectivity index (χ1v) is 8.89. The standard InChI is InChI=1S/C19H23FN4O2/c1-3-4-18-17(13-21-24(18)16-7-5-15(20)6-8-16)19(26)23-11-9-22(10-12-23)14(2)25/h5-8,13H,3-4,9-12H2,1-2H3. The van der Waals surface area contributed by atoms with Crippen LogP contribution in [0.25, 0.3) is 5.69 Å². The van der Waals surface area contributed by atoms with Gasteiger partial charge in [0.15, 0.2) is 0 Å². The maximum atomic E-state index is 13.2. The van der Waals surface area contributed by atoms with E-state index in [1.165, 1.54) is 12.1 Å². The zero-order valence-corrected chi connectivity index (χ0v) is 15.1. The zero-order valence-electron chi connectivity index (χ0n) is 15.1. The van der Waals surface area contributed by atoms with E-state index in [1.54, 1.807) is 39.7 Å². The Morgan fingerprint density at radius 2 is 1.69 bits per heavy atom. The van der Waals surface area contributed by atoms with Crippen LogP contribution in [-0.2, 0) is 11.2 Å². The highest BCUT2D eigenvalue weighted by Crippen LogP contribution is 2.20. The topological polar surface area (TPSA) is 58.4 Å². The second-order valence-corrected chi connectivity index (χ2v) is 6.44. The lowest BCUT2D eigenvalue weighted by Gasteiger charge is -2.34. The molecule has 0 unspecified atom stereocenters. The van der Waals surface area contributed by atoms with Gasteiger partial charge in [-0.2, -0.15) is 5.10 Å². The number of amides is 2. The first-order chi connectivity index (χ1) is 12.5. The van der Waals surface area contributed by atoms with Crippen molar-refractivity contribution in [2.45, 2.75) is 26.7 Å². The predicted molar refractivity (Wildman–Crippen MR) is 95.7 cm³/mol. The number of carbonyl (C=O) groups excluding carboxylic acids is 2. The van der Waals surface area contributed by atoms with Crippen molar-refractivity contribution >= 4 is 11.8 Å². The van der Waals surface area contributed by atoms with Crippen LogP contribution < -0.4 is 0 Å². The Labute approximate surface area is 152 Å². The fraction of sp³-hybridized carbons (Fsp3) is 0.421. The van der Waals surface area contributed by atoms with Gasteiger partial charge >= 0.3 is 0 Å². The monoisotopic (exact) mass is 358 g/mol. The molecule has 1 saturated heterocycles. The van der Waals surface area contributed by atoms with Gasteiger partial charge in [0.25, 0.3) is 5.91 Å². The van der Waals surface area contributed by atoms with Crippen LogP contribution in [0.3, 0.4) is 0 Å². The average molecular weight is 358 g/mol. The molecule has 1 aliphatic heterocycles. The quantitative estimate of drug-likeness (QED) is 0.842. The Morgan fingerprint density at radius 1 is 1.08 bits per heavy atom. The summed E-state index contributed by atoms with van der Waals surface area (Å²) in [7, 11) is 0. The summed E-state index contributed by atoms with van der Waals surface area (Å²) >= 11 is 0. The maximum Gasteiger partial charge on any atom is 0.257 e. The number of rotatable bonds is 4. The molecule has 26 heavy (non-hydrogen) atoms. The predicted octanol–water partition coefficient (Wildman–Crippen LogP) is 2.27. The lowest BCUT2D eigenvalue weighted by Crippen LogP contribution is -2.50. The number of hydrogen-bond acceptors (Lipinski definition) is 3. The van der Waals surface area contributed by atoms with E-state index in [2.05, 4.69) is 5.10 Å². The van der Waals surface area contributed by atoms with Crippen molar-refractivity contribution in [2.75, 3.05) is 26.2 Å². The van der Waals surface area contributed by atoms with Gasteiger partial charge < -0.3 is 9.80 Å². The molecule has 1 aliphatic rings. The first kappa shape index (κ1) is 18.1. The number of hydrogen-bond donors (Lipinski definition) is 0. The summed E-state index contributed by atoms with van der Waals surface area (Å²) in [6.07, 6.45) is 3.16. The number of carbonyl (C=O) groups is 2. The van der Waals surface area contributed by atoms with Crippen molar-refractivity contribution in [2.24, 2.45) is 0 Å². The molecule has 2 amide bonds. The zero-order chi connectivity index (χ0) is 18.7. The Kier molecular flexibility index (Phi) is 5.35. The normalized spacial score (nSPS) is 14.6. The van der Waals surface area contributed by atoms with Gasteiger partial charge in [-0.05, 0) is 30.7 Å². The maximum absolute atomic E-state index is 13.2. The second-order valence-electron chi connectivity index (χ2n) is 6.44. The molecule has 1 aromatic heterocycles. The third-order valence-electron chi connectivity index (χ3n) is 4.67. The summed E-state index contributed by atoms with van der Waals surface area (Å²) in [5.41, 5.74) is 2.14. The van der Waals surface area contributed by atoms with Crippen LogP contribution >= 0.6 is 0 Å². The third kappa shape index (κ3) is 3.61. The number of halogens is 1. The van der Waals surface area contributed by atoms with Crippen LogP contribution in [-0.4, -0.2) is 57.6 Å². The van der Waals surface area contributed by atoms with E-state index in [1.807, 2.05) is 6.92 Å². The number of benzene rings is 1. The lowest BCUT2D eigenvalue weighted by molar-refractivity contribution is -0.130. The van der Waals surface area contributed by atoms with Gasteiger partial charge in [-0.1, -0.05) is 13.3 Å². The molecular formula is C19H23FN4O2. The minimum atomic E-state index is -0.308. The van der Waals surface area contributed by atoms with E-state index < -0.39 is 0 Å². The smallest absolute Gasteiger partial charge is 0.257 e. The van der Waals surface area contributed by atoms with E-state index in [0.717, 1.165) is 17.8 Å². The van der Waals surface area contributed by atoms with Crippen LogP contribution in [0.15, 0.2) is 30.5 Å². The molecule has 0 saturated carbocycles. The van der Waals surface area contributed by atoms with Crippen molar-refractivity contribution in [1.29, 1.82) is 0 Å². The van der Waals surface area contributed by atoms with Crippen molar-refractivity contribution in [3.63, 3.8) is 0 Å². The number of piperazine rings is 1. The molecule has 7 heteroatoms. The molecule has 2 aromatic rings. The van der Waals surface area contributed by atoms with Crippen molar-refractivity contribution in [1.82, 2.24) is 19.6 Å². The minimum Gasteiger partial charge on any atom is -0.339 e. The van der Waals surface area contributed by atoms with Crippen LogP contribution in [0.1, 0.15) is 36.3 Å². The molecule has 0 radical (unpaired) electrons. The molecule has 3 rings (SSSR count). The molecule has 1 fully saturated rings. The van der Waals surface area contributed by atoms with E-state index in [9.17, 15) is 14.0 Å². The molecule has 2 heterocycles. The van der Waals surface area contributed by atoms with Gasteiger partial charge in [0, 0.05) is 33.1 Å². The van der Waals surface area contributed by atoms with E-state index in [-0.39, 0.29) is 17.6 Å². The van der Waals surface area contributed by atoms with Gasteiger partial charge in [0.2, 0.25) is 5.91 Å². The number of aromatic nitrogens is 2. The largest absolute Gasteiger partial charge is 0.339 e. The summed E-state index contributed by atoms with van der Waals surface area (Å²) in [6.45, 7) is 5.73. The SMILES string of the molecule is CCCc1c(C(=O)N2CCN(C(C)=O)CC2)cnn1-c1ccc(F)cc1. The fourth-order valence-electron chi connectivity index (χ4n) is 3.23. The lowest BCUT2D eigenvalue weighted by atomic mass is 10.1. The van der Waals surface area contributed by atoms with Gasteiger partial charge in [-0.3, -0.25) is 9.59 Å². The molecule has 138 valence electrons. The number of nitrogens with zero attached hydrogens (tertiary/aromatic N) is 4. The van der Waals surface area contributed by atoms with Crippen LogP contribution in [0.2, 0.25) is 0 Å². The minimum absolute atomic E-state index is 0.0351. The van der Waals surface area contributed by atoms with Gasteiger partial charge in [-0.15, -0.1) is 0 Å². The summed E-state index contributed by atoms with van der Waals surface area (Å²) in [5, 5.41) is 4.38. The summed E-state index contributed by atoms with van der Waals surface area (Å²) in [5.74, 6) is -0.337. The van der Waals surface area contributed by atoms with Crippen LogP contribution in [0.5, 0.6) is 0 Å².